The number of ether oxygens (including phenoxy) is 1. The van der Waals surface area contributed by atoms with Gasteiger partial charge in [-0.05, 0) is 19.1 Å². The van der Waals surface area contributed by atoms with E-state index in [-0.39, 0.29) is 5.41 Å². The molecule has 1 aromatic rings. The first-order chi connectivity index (χ1) is 9.26. The summed E-state index contributed by atoms with van der Waals surface area (Å²) in [6.07, 6.45) is 1.97. The van der Waals surface area contributed by atoms with Gasteiger partial charge in [-0.1, -0.05) is 37.6 Å². The van der Waals surface area contributed by atoms with Gasteiger partial charge >= 0.3 is 0 Å². The Bertz CT molecular complexity index is 615. The Balaban J connectivity index is 2.39. The molecule has 0 fully saturated rings. The number of benzene rings is 1. The van der Waals surface area contributed by atoms with Gasteiger partial charge in [0.2, 0.25) is 0 Å². The van der Waals surface area contributed by atoms with Crippen molar-refractivity contribution in [2.75, 3.05) is 20.3 Å². The number of methoxy groups -OCH3 is 1. The summed E-state index contributed by atoms with van der Waals surface area (Å²) in [4.78, 5) is 0.322. The zero-order valence-corrected chi connectivity index (χ0v) is 13.2. The van der Waals surface area contributed by atoms with Gasteiger partial charge in [-0.15, -0.1) is 0 Å². The maximum Gasteiger partial charge on any atom is 0.264 e. The highest BCUT2D eigenvalue weighted by atomic mass is 32.2. The second-order valence-corrected chi connectivity index (χ2v) is 7.74. The van der Waals surface area contributed by atoms with Crippen molar-refractivity contribution in [3.8, 4) is 0 Å². The van der Waals surface area contributed by atoms with Crippen LogP contribution in [0.25, 0.3) is 0 Å². The predicted octanol–water partition coefficient (Wildman–Crippen LogP) is 2.56. The molecule has 0 N–H and O–H groups in total. The lowest BCUT2D eigenvalue weighted by atomic mass is 9.96. The average Bonchev–Trinajstić information content (AvgIpc) is 2.66. The quantitative estimate of drug-likeness (QED) is 0.857. The van der Waals surface area contributed by atoms with E-state index in [4.69, 9.17) is 4.74 Å². The summed E-state index contributed by atoms with van der Waals surface area (Å²) in [5.41, 5.74) is 1.57. The molecule has 5 heteroatoms. The van der Waals surface area contributed by atoms with Gasteiger partial charge in [-0.2, -0.15) is 0 Å². The monoisotopic (exact) mass is 295 g/mol. The second-order valence-electron chi connectivity index (χ2n) is 5.88. The minimum Gasteiger partial charge on any atom is -0.378 e. The molecule has 0 unspecified atom stereocenters. The molecular formula is C15H21NO3S. The Morgan fingerprint density at radius 3 is 2.40 bits per heavy atom. The van der Waals surface area contributed by atoms with Gasteiger partial charge in [-0.3, -0.25) is 4.31 Å². The summed E-state index contributed by atoms with van der Waals surface area (Å²) in [7, 11) is -1.94. The third-order valence-electron chi connectivity index (χ3n) is 3.33. The molecule has 0 spiro atoms. The van der Waals surface area contributed by atoms with E-state index in [1.165, 1.54) is 4.31 Å². The van der Waals surface area contributed by atoms with Gasteiger partial charge in [0.05, 0.1) is 17.2 Å². The van der Waals surface area contributed by atoms with Gasteiger partial charge in [0, 0.05) is 19.1 Å². The number of hydrogen-bond donors (Lipinski definition) is 0. The lowest BCUT2D eigenvalue weighted by molar-refractivity contribution is 0.210. The molecule has 0 aliphatic carbocycles. The number of aryl methyl sites for hydroxylation is 1. The number of rotatable bonds is 4. The standard InChI is InChI=1S/C15H21NO3S/c1-12-5-7-14(8-6-12)20(17,18)16-11-15(2,3)9-13(16)10-19-4/h5-9H,10-11H2,1-4H3. The Morgan fingerprint density at radius 2 is 1.85 bits per heavy atom. The summed E-state index contributed by atoms with van der Waals surface area (Å²) in [5.74, 6) is 0. The number of sulfonamides is 1. The van der Waals surface area contributed by atoms with E-state index in [1.807, 2.05) is 39.0 Å². The summed E-state index contributed by atoms with van der Waals surface area (Å²) >= 11 is 0. The van der Waals surface area contributed by atoms with Gasteiger partial charge in [-0.25, -0.2) is 8.42 Å². The van der Waals surface area contributed by atoms with Crippen LogP contribution >= 0.6 is 0 Å². The zero-order valence-electron chi connectivity index (χ0n) is 12.4. The molecule has 0 saturated carbocycles. The Hall–Kier alpha value is -1.33. The molecule has 2 rings (SSSR count). The van der Waals surface area contributed by atoms with E-state index in [0.717, 1.165) is 5.56 Å². The third-order valence-corrected chi connectivity index (χ3v) is 5.14. The smallest absolute Gasteiger partial charge is 0.264 e. The van der Waals surface area contributed by atoms with Gasteiger partial charge in [0.15, 0.2) is 0 Å². The first-order valence-electron chi connectivity index (χ1n) is 6.56. The summed E-state index contributed by atoms with van der Waals surface area (Å²) < 4.78 is 32.1. The average molecular weight is 295 g/mol. The van der Waals surface area contributed by atoms with E-state index in [0.29, 0.717) is 23.7 Å². The molecule has 0 aromatic heterocycles. The van der Waals surface area contributed by atoms with Crippen LogP contribution in [0.4, 0.5) is 0 Å². The third kappa shape index (κ3) is 2.88. The van der Waals surface area contributed by atoms with E-state index in [2.05, 4.69) is 0 Å². The molecule has 4 nitrogen and oxygen atoms in total. The molecule has 1 aliphatic rings. The minimum atomic E-state index is -3.51. The van der Waals surface area contributed by atoms with Gasteiger partial charge < -0.3 is 4.74 Å². The van der Waals surface area contributed by atoms with Crippen molar-refractivity contribution in [2.45, 2.75) is 25.7 Å². The number of hydrogen-bond acceptors (Lipinski definition) is 3. The molecule has 0 amide bonds. The maximum absolute atomic E-state index is 12.7. The molecule has 0 saturated heterocycles. The zero-order chi connectivity index (χ0) is 15.0. The van der Waals surface area contributed by atoms with Crippen LogP contribution in [0.15, 0.2) is 40.9 Å². The molecule has 110 valence electrons. The van der Waals surface area contributed by atoms with Crippen molar-refractivity contribution in [1.29, 1.82) is 0 Å². The van der Waals surface area contributed by atoms with Crippen molar-refractivity contribution in [3.63, 3.8) is 0 Å². The lowest BCUT2D eigenvalue weighted by Crippen LogP contribution is -2.32. The van der Waals surface area contributed by atoms with E-state index >= 15 is 0 Å². The molecule has 0 bridgehead atoms. The van der Waals surface area contributed by atoms with Crippen LogP contribution in [0.2, 0.25) is 0 Å². The molecule has 0 atom stereocenters. The molecule has 1 aromatic carbocycles. The van der Waals surface area contributed by atoms with E-state index in [9.17, 15) is 8.42 Å². The van der Waals surface area contributed by atoms with Gasteiger partial charge in [0.1, 0.15) is 0 Å². The minimum absolute atomic E-state index is 0.175. The molecule has 0 radical (unpaired) electrons. The van der Waals surface area contributed by atoms with Crippen LogP contribution in [-0.2, 0) is 14.8 Å². The van der Waals surface area contributed by atoms with Crippen molar-refractivity contribution in [1.82, 2.24) is 4.31 Å². The highest BCUT2D eigenvalue weighted by molar-refractivity contribution is 7.89. The summed E-state index contributed by atoms with van der Waals surface area (Å²) in [6.45, 7) is 6.72. The maximum atomic E-state index is 12.7. The lowest BCUT2D eigenvalue weighted by Gasteiger charge is -2.24. The highest BCUT2D eigenvalue weighted by Crippen LogP contribution is 2.35. The summed E-state index contributed by atoms with van der Waals surface area (Å²) in [5, 5.41) is 0. The van der Waals surface area contributed by atoms with Crippen molar-refractivity contribution >= 4 is 10.0 Å². The second kappa shape index (κ2) is 5.22. The van der Waals surface area contributed by atoms with Crippen molar-refractivity contribution < 1.29 is 13.2 Å². The van der Waals surface area contributed by atoms with E-state index < -0.39 is 10.0 Å². The van der Waals surface area contributed by atoms with Gasteiger partial charge in [0.25, 0.3) is 10.0 Å². The highest BCUT2D eigenvalue weighted by Gasteiger charge is 2.37. The SMILES string of the molecule is COCC1=CC(C)(C)CN1S(=O)(=O)c1ccc(C)cc1. The van der Waals surface area contributed by atoms with Crippen LogP contribution in [0.3, 0.4) is 0 Å². The largest absolute Gasteiger partial charge is 0.378 e. The van der Waals surface area contributed by atoms with Crippen molar-refractivity contribution in [2.24, 2.45) is 5.41 Å². The molecule has 1 heterocycles. The van der Waals surface area contributed by atoms with Crippen LogP contribution < -0.4 is 0 Å². The van der Waals surface area contributed by atoms with Crippen LogP contribution in [0.5, 0.6) is 0 Å². The molecule has 20 heavy (non-hydrogen) atoms. The first-order valence-corrected chi connectivity index (χ1v) is 8.00. The fourth-order valence-electron chi connectivity index (χ4n) is 2.38. The Morgan fingerprint density at radius 1 is 1.25 bits per heavy atom. The van der Waals surface area contributed by atoms with Crippen molar-refractivity contribution in [3.05, 3.63) is 41.6 Å². The topological polar surface area (TPSA) is 46.6 Å². The predicted molar refractivity (Wildman–Crippen MR) is 78.8 cm³/mol. The normalized spacial score (nSPS) is 18.2. The van der Waals surface area contributed by atoms with Crippen LogP contribution in [-0.4, -0.2) is 33.0 Å². The molecular weight excluding hydrogens is 274 g/mol. The fourth-order valence-corrected chi connectivity index (χ4v) is 4.03. The summed E-state index contributed by atoms with van der Waals surface area (Å²) in [6, 6.07) is 6.93. The Labute approximate surface area is 121 Å². The Kier molecular flexibility index (Phi) is 3.93. The fraction of sp³-hybridized carbons (Fsp3) is 0.467. The molecule has 1 aliphatic heterocycles. The van der Waals surface area contributed by atoms with Crippen LogP contribution in [0, 0.1) is 12.3 Å². The first kappa shape index (κ1) is 15.1. The van der Waals surface area contributed by atoms with Crippen LogP contribution in [0.1, 0.15) is 19.4 Å². The van der Waals surface area contributed by atoms with E-state index in [1.54, 1.807) is 19.2 Å². The number of nitrogens with zero attached hydrogens (tertiary/aromatic N) is 1.